The van der Waals surface area contributed by atoms with Gasteiger partial charge in [0.25, 0.3) is 0 Å². The van der Waals surface area contributed by atoms with Gasteiger partial charge in [0, 0.05) is 11.9 Å². The monoisotopic (exact) mass is 167 g/mol. The predicted octanol–water partition coefficient (Wildman–Crippen LogP) is 2.70. The lowest BCUT2D eigenvalue weighted by Crippen LogP contribution is -2.06. The summed E-state index contributed by atoms with van der Waals surface area (Å²) in [6, 6.07) is 4.04. The first-order chi connectivity index (χ1) is 5.38. The molecule has 0 saturated heterocycles. The molecule has 2 rings (SSSR count). The van der Waals surface area contributed by atoms with Crippen LogP contribution < -0.4 is 0 Å². The fourth-order valence-electron chi connectivity index (χ4n) is 1.55. The van der Waals surface area contributed by atoms with E-state index in [1.165, 1.54) is 17.7 Å². The number of alkyl halides is 1. The zero-order valence-corrected chi connectivity index (χ0v) is 7.01. The van der Waals surface area contributed by atoms with Crippen LogP contribution in [0, 0.1) is 0 Å². The number of hydrogen-bond donors (Lipinski definition) is 0. The van der Waals surface area contributed by atoms with Crippen LogP contribution in [0.2, 0.25) is 0 Å². The molecule has 1 aromatic heterocycles. The molecule has 0 aromatic carbocycles. The van der Waals surface area contributed by atoms with Crippen molar-refractivity contribution in [2.24, 2.45) is 0 Å². The number of nitrogens with zero attached hydrogens (tertiary/aromatic N) is 1. The molecule has 1 nitrogen and oxygen atoms in total. The van der Waals surface area contributed by atoms with Crippen LogP contribution in [0.15, 0.2) is 18.3 Å². The highest BCUT2D eigenvalue weighted by atomic mass is 35.5. The maximum atomic E-state index is 6.11. The van der Waals surface area contributed by atoms with Crippen LogP contribution in [0.25, 0.3) is 0 Å². The molecular weight excluding hydrogens is 158 g/mol. The molecule has 1 atom stereocenters. The van der Waals surface area contributed by atoms with Crippen molar-refractivity contribution in [2.45, 2.75) is 24.6 Å². The van der Waals surface area contributed by atoms with Crippen molar-refractivity contribution in [3.8, 4) is 0 Å². The fourth-order valence-corrected chi connectivity index (χ4v) is 1.90. The molecule has 0 radical (unpaired) electrons. The van der Waals surface area contributed by atoms with Gasteiger partial charge >= 0.3 is 0 Å². The topological polar surface area (TPSA) is 12.9 Å². The van der Waals surface area contributed by atoms with E-state index in [1.807, 2.05) is 12.3 Å². The van der Waals surface area contributed by atoms with Crippen molar-refractivity contribution >= 4 is 11.6 Å². The van der Waals surface area contributed by atoms with E-state index >= 15 is 0 Å². The molecule has 58 valence electrons. The number of halogens is 1. The Labute approximate surface area is 71.4 Å². The number of aryl methyl sites for hydroxylation is 1. The lowest BCUT2D eigenvalue weighted by Gasteiger charge is -2.18. The maximum absolute atomic E-state index is 6.11. The van der Waals surface area contributed by atoms with Crippen LogP contribution >= 0.6 is 11.6 Å². The summed E-state index contributed by atoms with van der Waals surface area (Å²) in [6.07, 6.45) is 5.21. The summed E-state index contributed by atoms with van der Waals surface area (Å²) >= 11 is 6.11. The Morgan fingerprint density at radius 3 is 3.27 bits per heavy atom. The van der Waals surface area contributed by atoms with Crippen molar-refractivity contribution in [2.75, 3.05) is 0 Å². The first kappa shape index (κ1) is 7.11. The fraction of sp³-hybridized carbons (Fsp3) is 0.444. The number of pyridine rings is 1. The van der Waals surface area contributed by atoms with E-state index in [4.69, 9.17) is 11.6 Å². The summed E-state index contributed by atoms with van der Waals surface area (Å²) in [6.45, 7) is 0. The van der Waals surface area contributed by atoms with Gasteiger partial charge in [-0.3, -0.25) is 4.98 Å². The quantitative estimate of drug-likeness (QED) is 0.542. The highest BCUT2D eigenvalue weighted by molar-refractivity contribution is 6.20. The van der Waals surface area contributed by atoms with Crippen molar-refractivity contribution in [3.05, 3.63) is 29.6 Å². The Balaban J connectivity index is 2.44. The molecule has 1 heterocycles. The van der Waals surface area contributed by atoms with Gasteiger partial charge in [0.1, 0.15) is 0 Å². The molecule has 1 aliphatic carbocycles. The molecular formula is C9H10ClN. The number of rotatable bonds is 0. The summed E-state index contributed by atoms with van der Waals surface area (Å²) < 4.78 is 0. The molecule has 0 fully saturated rings. The van der Waals surface area contributed by atoms with E-state index < -0.39 is 0 Å². The maximum Gasteiger partial charge on any atom is 0.0603 e. The summed E-state index contributed by atoms with van der Waals surface area (Å²) in [5.41, 5.74) is 2.43. The van der Waals surface area contributed by atoms with E-state index in [2.05, 4.69) is 11.1 Å². The predicted molar refractivity (Wildman–Crippen MR) is 45.8 cm³/mol. The van der Waals surface area contributed by atoms with E-state index in [-0.39, 0.29) is 5.38 Å². The van der Waals surface area contributed by atoms with Gasteiger partial charge in [0.2, 0.25) is 0 Å². The Hall–Kier alpha value is -0.560. The molecule has 0 bridgehead atoms. The molecule has 0 aliphatic heterocycles. The zero-order valence-electron chi connectivity index (χ0n) is 6.26. The van der Waals surface area contributed by atoms with Crippen LogP contribution in [0.4, 0.5) is 0 Å². The molecule has 0 N–H and O–H groups in total. The molecule has 1 aromatic rings. The highest BCUT2D eigenvalue weighted by Crippen LogP contribution is 2.32. The van der Waals surface area contributed by atoms with E-state index in [0.29, 0.717) is 0 Å². The third kappa shape index (κ3) is 1.25. The molecule has 11 heavy (non-hydrogen) atoms. The Kier molecular flexibility index (Phi) is 1.82. The minimum absolute atomic E-state index is 0.201. The van der Waals surface area contributed by atoms with Crippen LogP contribution in [-0.4, -0.2) is 4.98 Å². The minimum Gasteiger partial charge on any atom is -0.261 e. The Bertz CT molecular complexity index is 259. The summed E-state index contributed by atoms with van der Waals surface area (Å²) in [4.78, 5) is 4.29. The average Bonchev–Trinajstić information content (AvgIpc) is 2.06. The number of fused-ring (bicyclic) bond motifs is 1. The number of aromatic nitrogens is 1. The third-order valence-corrected chi connectivity index (χ3v) is 2.59. The lowest BCUT2D eigenvalue weighted by molar-refractivity contribution is 0.651. The second-order valence-electron chi connectivity index (χ2n) is 2.90. The van der Waals surface area contributed by atoms with E-state index in [1.54, 1.807) is 0 Å². The zero-order chi connectivity index (χ0) is 7.68. The second kappa shape index (κ2) is 2.82. The van der Waals surface area contributed by atoms with Gasteiger partial charge in [-0.1, -0.05) is 6.07 Å². The normalized spacial score (nSPS) is 22.8. The first-order valence-corrected chi connectivity index (χ1v) is 4.39. The largest absolute Gasteiger partial charge is 0.261 e. The second-order valence-corrected chi connectivity index (χ2v) is 3.43. The molecule has 0 saturated carbocycles. The molecule has 0 spiro atoms. The van der Waals surface area contributed by atoms with Crippen molar-refractivity contribution in [1.82, 2.24) is 4.98 Å². The number of hydrogen-bond acceptors (Lipinski definition) is 1. The summed E-state index contributed by atoms with van der Waals surface area (Å²) in [5.74, 6) is 0. The Morgan fingerprint density at radius 2 is 2.45 bits per heavy atom. The third-order valence-electron chi connectivity index (χ3n) is 2.13. The SMILES string of the molecule is Cl[C@@H]1CCCc2ncccc21. The van der Waals surface area contributed by atoms with Gasteiger partial charge in [0.05, 0.1) is 5.38 Å². The van der Waals surface area contributed by atoms with Crippen LogP contribution in [0.1, 0.15) is 29.5 Å². The van der Waals surface area contributed by atoms with Crippen LogP contribution in [0.3, 0.4) is 0 Å². The lowest BCUT2D eigenvalue weighted by atomic mass is 9.96. The van der Waals surface area contributed by atoms with Gasteiger partial charge in [-0.15, -0.1) is 11.6 Å². The van der Waals surface area contributed by atoms with Gasteiger partial charge in [-0.2, -0.15) is 0 Å². The van der Waals surface area contributed by atoms with Gasteiger partial charge < -0.3 is 0 Å². The van der Waals surface area contributed by atoms with Gasteiger partial charge in [-0.05, 0) is 30.9 Å². The first-order valence-electron chi connectivity index (χ1n) is 3.96. The van der Waals surface area contributed by atoms with E-state index in [9.17, 15) is 0 Å². The van der Waals surface area contributed by atoms with E-state index in [0.717, 1.165) is 12.8 Å². The molecule has 1 aliphatic rings. The van der Waals surface area contributed by atoms with Crippen molar-refractivity contribution in [3.63, 3.8) is 0 Å². The summed E-state index contributed by atoms with van der Waals surface area (Å²) in [7, 11) is 0. The summed E-state index contributed by atoms with van der Waals surface area (Å²) in [5, 5.41) is 0.201. The average molecular weight is 168 g/mol. The van der Waals surface area contributed by atoms with Gasteiger partial charge in [0.15, 0.2) is 0 Å². The van der Waals surface area contributed by atoms with Crippen molar-refractivity contribution < 1.29 is 0 Å². The van der Waals surface area contributed by atoms with Crippen LogP contribution in [-0.2, 0) is 6.42 Å². The smallest absolute Gasteiger partial charge is 0.0603 e. The molecule has 2 heteroatoms. The molecule has 0 unspecified atom stereocenters. The van der Waals surface area contributed by atoms with Crippen molar-refractivity contribution in [1.29, 1.82) is 0 Å². The highest BCUT2D eigenvalue weighted by Gasteiger charge is 2.17. The minimum atomic E-state index is 0.201. The van der Waals surface area contributed by atoms with Gasteiger partial charge in [-0.25, -0.2) is 0 Å². The molecule has 0 amide bonds. The Morgan fingerprint density at radius 1 is 1.55 bits per heavy atom. The standard InChI is InChI=1S/C9H10ClN/c10-8-4-1-5-9-7(8)3-2-6-11-9/h2-3,6,8H,1,4-5H2/t8-/m1/s1. The van der Waals surface area contributed by atoms with Crippen LogP contribution in [0.5, 0.6) is 0 Å².